The van der Waals surface area contributed by atoms with E-state index in [-0.39, 0.29) is 35.8 Å². The number of nitrogens with zero attached hydrogens (tertiary/aromatic N) is 1. The first-order valence-corrected chi connectivity index (χ1v) is 10.1. The molecule has 0 aliphatic carbocycles. The molecule has 2 rings (SSSR count). The van der Waals surface area contributed by atoms with Gasteiger partial charge in [0.25, 0.3) is 0 Å². The minimum atomic E-state index is -3.16. The van der Waals surface area contributed by atoms with Crippen LogP contribution in [0.25, 0.3) is 0 Å². The van der Waals surface area contributed by atoms with E-state index in [0.29, 0.717) is 32.5 Å². The first-order valence-electron chi connectivity index (χ1n) is 7.83. The summed E-state index contributed by atoms with van der Waals surface area (Å²) in [6.07, 6.45) is 1.34. The number of esters is 1. The minimum Gasteiger partial charge on any atom is -0.466 e. The molecule has 9 heteroatoms. The molecular weight excluding hydrogens is 344 g/mol. The van der Waals surface area contributed by atoms with Crippen molar-refractivity contribution < 1.29 is 22.7 Å². The summed E-state index contributed by atoms with van der Waals surface area (Å²) >= 11 is 5.97. The van der Waals surface area contributed by atoms with Gasteiger partial charge in [0.2, 0.25) is 5.91 Å². The Kier molecular flexibility index (Phi) is 6.27. The zero-order valence-corrected chi connectivity index (χ0v) is 14.7. The normalized spacial score (nSPS) is 28.4. The molecule has 1 amide bonds. The smallest absolute Gasteiger partial charge is 0.309 e. The van der Waals surface area contributed by atoms with Crippen molar-refractivity contribution in [2.75, 3.05) is 37.7 Å². The van der Waals surface area contributed by atoms with Gasteiger partial charge >= 0.3 is 5.97 Å². The molecule has 0 radical (unpaired) electrons. The summed E-state index contributed by atoms with van der Waals surface area (Å²) in [7, 11) is -3.16. The second-order valence-corrected chi connectivity index (χ2v) is 8.78. The van der Waals surface area contributed by atoms with Crippen LogP contribution in [-0.2, 0) is 24.2 Å². The first kappa shape index (κ1) is 18.5. The summed E-state index contributed by atoms with van der Waals surface area (Å²) < 4.78 is 28.0. The van der Waals surface area contributed by atoms with Crippen molar-refractivity contribution in [1.29, 1.82) is 0 Å². The number of likely N-dealkylation sites (tertiary alicyclic amines) is 1. The van der Waals surface area contributed by atoms with Gasteiger partial charge in [-0.3, -0.25) is 14.5 Å². The molecule has 0 saturated carbocycles. The van der Waals surface area contributed by atoms with Gasteiger partial charge in [-0.05, 0) is 32.9 Å². The molecule has 2 atom stereocenters. The maximum atomic E-state index is 12.0. The summed E-state index contributed by atoms with van der Waals surface area (Å²) in [4.78, 5) is 25.7. The molecule has 0 aromatic rings. The fourth-order valence-electron chi connectivity index (χ4n) is 2.98. The van der Waals surface area contributed by atoms with E-state index in [1.165, 1.54) is 0 Å². The average molecular weight is 367 g/mol. The van der Waals surface area contributed by atoms with Gasteiger partial charge in [0, 0.05) is 0 Å². The molecule has 23 heavy (non-hydrogen) atoms. The van der Waals surface area contributed by atoms with E-state index in [2.05, 4.69) is 5.32 Å². The van der Waals surface area contributed by atoms with Gasteiger partial charge in [-0.25, -0.2) is 8.42 Å². The van der Waals surface area contributed by atoms with E-state index in [4.69, 9.17) is 16.3 Å². The number of hydrogen-bond donors (Lipinski definition) is 1. The Labute approximate surface area is 141 Å². The van der Waals surface area contributed by atoms with E-state index in [1.807, 2.05) is 4.90 Å². The van der Waals surface area contributed by atoms with Crippen LogP contribution in [0.15, 0.2) is 0 Å². The molecule has 0 aromatic carbocycles. The maximum absolute atomic E-state index is 12.0. The monoisotopic (exact) mass is 366 g/mol. The molecule has 2 aliphatic rings. The van der Waals surface area contributed by atoms with Gasteiger partial charge in [0.15, 0.2) is 9.84 Å². The summed E-state index contributed by atoms with van der Waals surface area (Å²) in [5.41, 5.74) is 0. The molecular formula is C14H23ClN2O5S. The summed E-state index contributed by atoms with van der Waals surface area (Å²) in [6.45, 7) is 3.64. The molecule has 2 aliphatic heterocycles. The molecule has 7 nitrogen and oxygen atoms in total. The maximum Gasteiger partial charge on any atom is 0.309 e. The summed E-state index contributed by atoms with van der Waals surface area (Å²) in [5.74, 6) is -0.686. The van der Waals surface area contributed by atoms with E-state index in [9.17, 15) is 18.0 Å². The van der Waals surface area contributed by atoms with E-state index in [0.717, 1.165) is 0 Å². The Morgan fingerprint density at radius 3 is 2.43 bits per heavy atom. The highest BCUT2D eigenvalue weighted by Crippen LogP contribution is 2.20. The lowest BCUT2D eigenvalue weighted by atomic mass is 9.97. The van der Waals surface area contributed by atoms with Gasteiger partial charge in [-0.1, -0.05) is 0 Å². The quantitative estimate of drug-likeness (QED) is 0.534. The fourth-order valence-corrected chi connectivity index (χ4v) is 5.53. The van der Waals surface area contributed by atoms with Crippen molar-refractivity contribution in [2.45, 2.75) is 31.2 Å². The number of sulfone groups is 1. The predicted molar refractivity (Wildman–Crippen MR) is 86.0 cm³/mol. The zero-order chi connectivity index (χ0) is 17.0. The van der Waals surface area contributed by atoms with Crippen LogP contribution in [-0.4, -0.2) is 74.4 Å². The van der Waals surface area contributed by atoms with Gasteiger partial charge < -0.3 is 10.1 Å². The highest BCUT2D eigenvalue weighted by molar-refractivity contribution is 7.91. The number of piperidine rings is 1. The molecule has 0 aromatic heterocycles. The second kappa shape index (κ2) is 7.81. The number of halogens is 1. The fraction of sp³-hybridized carbons (Fsp3) is 0.857. The topological polar surface area (TPSA) is 92.8 Å². The highest BCUT2D eigenvalue weighted by Gasteiger charge is 2.37. The zero-order valence-electron chi connectivity index (χ0n) is 13.2. The lowest BCUT2D eigenvalue weighted by Gasteiger charge is -2.30. The van der Waals surface area contributed by atoms with Crippen LogP contribution < -0.4 is 5.32 Å². The Hall–Kier alpha value is -0.860. The van der Waals surface area contributed by atoms with Crippen LogP contribution in [0.2, 0.25) is 0 Å². The van der Waals surface area contributed by atoms with Crippen LogP contribution >= 0.6 is 11.6 Å². The lowest BCUT2D eigenvalue weighted by Crippen LogP contribution is -2.47. The van der Waals surface area contributed by atoms with Crippen molar-refractivity contribution in [2.24, 2.45) is 5.92 Å². The molecule has 0 bridgehead atoms. The standard InChI is InChI=1S/C14H23ClN2O5S/c1-2-22-14(19)10-3-5-17(6-4-10)7-13(18)16-12-9-23(20,21)8-11(12)15/h10-12H,2-9H2,1H3,(H,16,18)/t11-,12-/m1/s1. The minimum absolute atomic E-state index is 0.0928. The molecule has 2 fully saturated rings. The first-order chi connectivity index (χ1) is 10.8. The van der Waals surface area contributed by atoms with E-state index >= 15 is 0 Å². The van der Waals surface area contributed by atoms with Gasteiger partial charge in [0.05, 0.1) is 42.0 Å². The third-order valence-electron chi connectivity index (χ3n) is 4.20. The lowest BCUT2D eigenvalue weighted by molar-refractivity contribution is -0.149. The molecule has 0 unspecified atom stereocenters. The highest BCUT2D eigenvalue weighted by atomic mass is 35.5. The van der Waals surface area contributed by atoms with Crippen molar-refractivity contribution >= 4 is 33.3 Å². The average Bonchev–Trinajstić information content (AvgIpc) is 2.72. The van der Waals surface area contributed by atoms with Crippen LogP contribution in [0, 0.1) is 5.92 Å². The summed E-state index contributed by atoms with van der Waals surface area (Å²) in [6, 6.07) is -0.522. The van der Waals surface area contributed by atoms with Gasteiger partial charge in [0.1, 0.15) is 0 Å². The molecule has 132 valence electrons. The van der Waals surface area contributed by atoms with Gasteiger partial charge in [-0.2, -0.15) is 0 Å². The Morgan fingerprint density at radius 2 is 1.91 bits per heavy atom. The number of alkyl halides is 1. The molecule has 2 saturated heterocycles. The van der Waals surface area contributed by atoms with Crippen LogP contribution in [0.4, 0.5) is 0 Å². The third-order valence-corrected chi connectivity index (χ3v) is 6.58. The number of hydrogen-bond acceptors (Lipinski definition) is 6. The van der Waals surface area contributed by atoms with Crippen LogP contribution in [0.1, 0.15) is 19.8 Å². The molecule has 1 N–H and O–H groups in total. The summed E-state index contributed by atoms with van der Waals surface area (Å²) in [5, 5.41) is 2.13. The van der Waals surface area contributed by atoms with Crippen molar-refractivity contribution in [3.05, 3.63) is 0 Å². The number of carbonyl (C=O) groups excluding carboxylic acids is 2. The number of nitrogens with one attached hydrogen (secondary N) is 1. The van der Waals surface area contributed by atoms with Crippen LogP contribution in [0.5, 0.6) is 0 Å². The van der Waals surface area contributed by atoms with E-state index < -0.39 is 21.3 Å². The number of ether oxygens (including phenoxy) is 1. The predicted octanol–water partition coefficient (Wildman–Crippen LogP) is -0.218. The van der Waals surface area contributed by atoms with Crippen molar-refractivity contribution in [3.63, 3.8) is 0 Å². The SMILES string of the molecule is CCOC(=O)C1CCN(CC(=O)N[C@@H]2CS(=O)(=O)C[C@H]2Cl)CC1. The van der Waals surface area contributed by atoms with Gasteiger partial charge in [-0.15, -0.1) is 11.6 Å². The van der Waals surface area contributed by atoms with E-state index in [1.54, 1.807) is 6.92 Å². The van der Waals surface area contributed by atoms with Crippen LogP contribution in [0.3, 0.4) is 0 Å². The Bertz CT molecular complexity index is 545. The Balaban J connectivity index is 1.74. The number of carbonyl (C=O) groups is 2. The van der Waals surface area contributed by atoms with Crippen molar-refractivity contribution in [3.8, 4) is 0 Å². The number of rotatable bonds is 5. The van der Waals surface area contributed by atoms with Crippen molar-refractivity contribution in [1.82, 2.24) is 10.2 Å². The third kappa shape index (κ3) is 5.32. The Morgan fingerprint density at radius 1 is 1.26 bits per heavy atom. The second-order valence-electron chi connectivity index (χ2n) is 6.07. The number of amides is 1. The molecule has 2 heterocycles. The largest absolute Gasteiger partial charge is 0.466 e. The molecule has 0 spiro atoms.